The summed E-state index contributed by atoms with van der Waals surface area (Å²) in [5.74, 6) is 0.548. The number of halogens is 1. The molecule has 0 aromatic heterocycles. The van der Waals surface area contributed by atoms with Crippen LogP contribution in [0.2, 0.25) is 0 Å². The van der Waals surface area contributed by atoms with Gasteiger partial charge >= 0.3 is 0 Å². The number of hydrazine groups is 1. The first kappa shape index (κ1) is 23.7. The van der Waals surface area contributed by atoms with E-state index >= 15 is 0 Å². The fraction of sp³-hybridized carbons (Fsp3) is 0.391. The summed E-state index contributed by atoms with van der Waals surface area (Å²) in [6.45, 7) is 10.0. The van der Waals surface area contributed by atoms with E-state index in [0.29, 0.717) is 11.5 Å². The van der Waals surface area contributed by atoms with Crippen LogP contribution in [0.15, 0.2) is 46.9 Å². The molecule has 7 heteroatoms. The van der Waals surface area contributed by atoms with Crippen molar-refractivity contribution >= 4 is 27.7 Å². The Morgan fingerprint density at radius 3 is 2.03 bits per heavy atom. The minimum Gasteiger partial charge on any atom is -0.483 e. The van der Waals surface area contributed by atoms with E-state index in [2.05, 4.69) is 61.4 Å². The van der Waals surface area contributed by atoms with Gasteiger partial charge in [-0.1, -0.05) is 58.9 Å². The second kappa shape index (κ2) is 10.5. The van der Waals surface area contributed by atoms with Crippen molar-refractivity contribution in [2.24, 2.45) is 0 Å². The lowest BCUT2D eigenvalue weighted by Crippen LogP contribution is -2.45. The molecule has 2 rings (SSSR count). The number of amides is 2. The summed E-state index contributed by atoms with van der Waals surface area (Å²) < 4.78 is 11.9. The van der Waals surface area contributed by atoms with E-state index < -0.39 is 11.8 Å². The molecular formula is C23H29BrN2O4. The molecule has 0 radical (unpaired) electrons. The van der Waals surface area contributed by atoms with E-state index in [0.717, 1.165) is 15.6 Å². The number of hydrogen-bond donors (Lipinski definition) is 2. The molecule has 0 saturated carbocycles. The van der Waals surface area contributed by atoms with Crippen molar-refractivity contribution in [1.82, 2.24) is 10.9 Å². The third kappa shape index (κ3) is 7.06. The van der Waals surface area contributed by atoms with Crippen LogP contribution in [-0.2, 0) is 15.0 Å². The van der Waals surface area contributed by atoms with Gasteiger partial charge in [-0.05, 0) is 56.6 Å². The zero-order valence-electron chi connectivity index (χ0n) is 18.0. The standard InChI is InChI=1S/C23H29BrN2O4/c1-15(2)17-8-6-7-9-19(17)29-13-21(27)25-26-22(28)14-30-20-11-10-16(12-18(20)24)23(3,4)5/h6-12,15H,13-14H2,1-5H3,(H,25,27)(H,26,28). The molecule has 0 atom stereocenters. The van der Waals surface area contributed by atoms with Crippen LogP contribution in [0.4, 0.5) is 0 Å². The predicted octanol–water partition coefficient (Wildman–Crippen LogP) is 4.48. The van der Waals surface area contributed by atoms with Gasteiger partial charge in [0.25, 0.3) is 11.8 Å². The lowest BCUT2D eigenvalue weighted by Gasteiger charge is -2.20. The van der Waals surface area contributed by atoms with Gasteiger partial charge in [-0.15, -0.1) is 0 Å². The van der Waals surface area contributed by atoms with Crippen molar-refractivity contribution in [1.29, 1.82) is 0 Å². The highest BCUT2D eigenvalue weighted by Gasteiger charge is 2.16. The molecule has 0 aliphatic heterocycles. The summed E-state index contributed by atoms with van der Waals surface area (Å²) in [6, 6.07) is 13.3. The van der Waals surface area contributed by atoms with Gasteiger partial charge in [0.2, 0.25) is 0 Å². The number of hydrogen-bond acceptors (Lipinski definition) is 4. The number of ether oxygens (including phenoxy) is 2. The van der Waals surface area contributed by atoms with Crippen LogP contribution < -0.4 is 20.3 Å². The van der Waals surface area contributed by atoms with E-state index in [1.54, 1.807) is 0 Å². The molecule has 0 saturated heterocycles. The van der Waals surface area contributed by atoms with Crippen molar-refractivity contribution < 1.29 is 19.1 Å². The average Bonchev–Trinajstić information content (AvgIpc) is 2.69. The molecule has 0 aliphatic carbocycles. The van der Waals surface area contributed by atoms with Gasteiger partial charge in [-0.2, -0.15) is 0 Å². The minimum atomic E-state index is -0.474. The SMILES string of the molecule is CC(C)c1ccccc1OCC(=O)NNC(=O)COc1ccc(C(C)(C)C)cc1Br. The zero-order valence-corrected chi connectivity index (χ0v) is 19.6. The molecule has 2 aromatic rings. The Labute approximate surface area is 186 Å². The first-order chi connectivity index (χ1) is 14.1. The second-order valence-electron chi connectivity index (χ2n) is 8.26. The topological polar surface area (TPSA) is 76.7 Å². The zero-order chi connectivity index (χ0) is 22.3. The largest absolute Gasteiger partial charge is 0.483 e. The van der Waals surface area contributed by atoms with Crippen LogP contribution in [0.1, 0.15) is 51.7 Å². The summed E-state index contributed by atoms with van der Waals surface area (Å²) in [5, 5.41) is 0. The van der Waals surface area contributed by atoms with E-state index in [9.17, 15) is 9.59 Å². The molecule has 0 aliphatic rings. The highest BCUT2D eigenvalue weighted by atomic mass is 79.9. The van der Waals surface area contributed by atoms with Crippen LogP contribution in [0.3, 0.4) is 0 Å². The van der Waals surface area contributed by atoms with Gasteiger partial charge in [0, 0.05) is 0 Å². The Bertz CT molecular complexity index is 891. The Morgan fingerprint density at radius 1 is 0.933 bits per heavy atom. The number of para-hydroxylation sites is 1. The smallest absolute Gasteiger partial charge is 0.276 e. The van der Waals surface area contributed by atoms with E-state index in [-0.39, 0.29) is 24.5 Å². The van der Waals surface area contributed by atoms with Gasteiger partial charge in [-0.3, -0.25) is 20.4 Å². The highest BCUT2D eigenvalue weighted by molar-refractivity contribution is 9.10. The summed E-state index contributed by atoms with van der Waals surface area (Å²) in [6.07, 6.45) is 0. The van der Waals surface area contributed by atoms with Gasteiger partial charge < -0.3 is 9.47 Å². The van der Waals surface area contributed by atoms with Crippen molar-refractivity contribution in [2.75, 3.05) is 13.2 Å². The lowest BCUT2D eigenvalue weighted by atomic mass is 9.87. The molecule has 0 unspecified atom stereocenters. The third-order valence-electron chi connectivity index (χ3n) is 4.40. The van der Waals surface area contributed by atoms with E-state index in [1.165, 1.54) is 0 Å². The average molecular weight is 477 g/mol. The van der Waals surface area contributed by atoms with Crippen LogP contribution in [0.5, 0.6) is 11.5 Å². The number of rotatable bonds is 7. The van der Waals surface area contributed by atoms with Crippen molar-refractivity contribution in [2.45, 2.75) is 46.0 Å². The van der Waals surface area contributed by atoms with Crippen LogP contribution in [0, 0.1) is 0 Å². The number of nitrogens with one attached hydrogen (secondary N) is 2. The first-order valence-corrected chi connectivity index (χ1v) is 10.6. The Kier molecular flexibility index (Phi) is 8.29. The van der Waals surface area contributed by atoms with Gasteiger partial charge in [0.15, 0.2) is 13.2 Å². The van der Waals surface area contributed by atoms with Crippen LogP contribution in [0.25, 0.3) is 0 Å². The molecular weight excluding hydrogens is 448 g/mol. The maximum Gasteiger partial charge on any atom is 0.276 e. The number of carbonyl (C=O) groups is 2. The first-order valence-electron chi connectivity index (χ1n) is 9.80. The molecule has 30 heavy (non-hydrogen) atoms. The summed E-state index contributed by atoms with van der Waals surface area (Å²) in [5.41, 5.74) is 6.83. The fourth-order valence-electron chi connectivity index (χ4n) is 2.67. The Hall–Kier alpha value is -2.54. The van der Waals surface area contributed by atoms with Crippen molar-refractivity contribution in [3.05, 3.63) is 58.1 Å². The lowest BCUT2D eigenvalue weighted by molar-refractivity contribution is -0.131. The maximum atomic E-state index is 12.0. The minimum absolute atomic E-state index is 0.0143. The molecule has 2 N–H and O–H groups in total. The highest BCUT2D eigenvalue weighted by Crippen LogP contribution is 2.31. The molecule has 0 fully saturated rings. The van der Waals surface area contributed by atoms with Crippen molar-refractivity contribution in [3.8, 4) is 11.5 Å². The molecule has 162 valence electrons. The van der Waals surface area contributed by atoms with E-state index in [4.69, 9.17) is 9.47 Å². The second-order valence-corrected chi connectivity index (χ2v) is 9.12. The van der Waals surface area contributed by atoms with Crippen LogP contribution >= 0.6 is 15.9 Å². The van der Waals surface area contributed by atoms with Crippen molar-refractivity contribution in [3.63, 3.8) is 0 Å². The fourth-order valence-corrected chi connectivity index (χ4v) is 3.16. The maximum absolute atomic E-state index is 12.0. The van der Waals surface area contributed by atoms with E-state index in [1.807, 2.05) is 42.5 Å². The predicted molar refractivity (Wildman–Crippen MR) is 121 cm³/mol. The van der Waals surface area contributed by atoms with Gasteiger partial charge in [-0.25, -0.2) is 0 Å². The molecule has 2 amide bonds. The van der Waals surface area contributed by atoms with Gasteiger partial charge in [0.1, 0.15) is 11.5 Å². The summed E-state index contributed by atoms with van der Waals surface area (Å²) in [7, 11) is 0. The van der Waals surface area contributed by atoms with Gasteiger partial charge in [0.05, 0.1) is 4.47 Å². The monoisotopic (exact) mass is 476 g/mol. The quantitative estimate of drug-likeness (QED) is 0.577. The Morgan fingerprint density at radius 2 is 1.50 bits per heavy atom. The molecule has 6 nitrogen and oxygen atoms in total. The molecule has 0 bridgehead atoms. The molecule has 0 spiro atoms. The Balaban J connectivity index is 1.78. The number of carbonyl (C=O) groups excluding carboxylic acids is 2. The normalized spacial score (nSPS) is 11.2. The summed E-state index contributed by atoms with van der Waals surface area (Å²) in [4.78, 5) is 23.9. The third-order valence-corrected chi connectivity index (χ3v) is 5.02. The molecule has 2 aromatic carbocycles. The number of benzene rings is 2. The van der Waals surface area contributed by atoms with Crippen LogP contribution in [-0.4, -0.2) is 25.0 Å². The molecule has 0 heterocycles. The summed E-state index contributed by atoms with van der Waals surface area (Å²) >= 11 is 3.47.